The van der Waals surface area contributed by atoms with Gasteiger partial charge in [0.15, 0.2) is 0 Å². The molecular weight excluding hydrogens is 437 g/mol. The number of carbonyl (C=O) groups is 1. The summed E-state index contributed by atoms with van der Waals surface area (Å²) in [6.45, 7) is 4.19. The number of benzene rings is 2. The van der Waals surface area contributed by atoms with Gasteiger partial charge in [0.05, 0.1) is 5.52 Å². The highest BCUT2D eigenvalue weighted by molar-refractivity contribution is 14.1. The monoisotopic (exact) mass is 457 g/mol. The molecule has 1 aliphatic heterocycles. The second-order valence-electron chi connectivity index (χ2n) is 6.57. The summed E-state index contributed by atoms with van der Waals surface area (Å²) in [5.41, 5.74) is 3.10. The fraction of sp³-hybridized carbons (Fsp3) is 0.238. The maximum absolute atomic E-state index is 12.6. The predicted molar refractivity (Wildman–Crippen MR) is 112 cm³/mol. The van der Waals surface area contributed by atoms with Gasteiger partial charge in [-0.05, 0) is 58.5 Å². The van der Waals surface area contributed by atoms with Crippen molar-refractivity contribution >= 4 is 39.4 Å². The molecule has 4 nitrogen and oxygen atoms in total. The van der Waals surface area contributed by atoms with Crippen molar-refractivity contribution in [2.75, 3.05) is 26.2 Å². The first-order valence-corrected chi connectivity index (χ1v) is 9.88. The van der Waals surface area contributed by atoms with Gasteiger partial charge in [0.1, 0.15) is 0 Å². The molecule has 0 radical (unpaired) electrons. The van der Waals surface area contributed by atoms with E-state index in [-0.39, 0.29) is 5.91 Å². The van der Waals surface area contributed by atoms with Crippen LogP contribution in [0.4, 0.5) is 0 Å². The summed E-state index contributed by atoms with van der Waals surface area (Å²) >= 11 is 2.26. The molecule has 0 bridgehead atoms. The number of rotatable bonds is 3. The Labute approximate surface area is 167 Å². The molecule has 3 aromatic rings. The predicted octanol–water partition coefficient (Wildman–Crippen LogP) is 3.80. The van der Waals surface area contributed by atoms with Crippen molar-refractivity contribution in [1.29, 1.82) is 0 Å². The van der Waals surface area contributed by atoms with Crippen LogP contribution in [0.25, 0.3) is 10.9 Å². The number of aromatic nitrogens is 1. The lowest BCUT2D eigenvalue weighted by Gasteiger charge is -2.35. The minimum Gasteiger partial charge on any atom is -0.336 e. The van der Waals surface area contributed by atoms with Gasteiger partial charge in [-0.15, -0.1) is 0 Å². The minimum atomic E-state index is 0.132. The van der Waals surface area contributed by atoms with Gasteiger partial charge in [0, 0.05) is 53.4 Å². The first-order valence-electron chi connectivity index (χ1n) is 8.80. The molecule has 5 heteroatoms. The van der Waals surface area contributed by atoms with Crippen LogP contribution in [0.2, 0.25) is 0 Å². The lowest BCUT2D eigenvalue weighted by molar-refractivity contribution is 0.0629. The molecule has 0 atom stereocenters. The molecule has 0 saturated carbocycles. The number of halogens is 1. The summed E-state index contributed by atoms with van der Waals surface area (Å²) in [7, 11) is 0. The average Bonchev–Trinajstić information content (AvgIpc) is 2.69. The summed E-state index contributed by atoms with van der Waals surface area (Å²) in [5.74, 6) is 0.132. The highest BCUT2D eigenvalue weighted by atomic mass is 127. The Kier molecular flexibility index (Phi) is 5.17. The van der Waals surface area contributed by atoms with Crippen LogP contribution in [0, 0.1) is 3.57 Å². The second kappa shape index (κ2) is 7.72. The van der Waals surface area contributed by atoms with Crippen LogP contribution in [-0.2, 0) is 6.54 Å². The molecule has 0 spiro atoms. The third kappa shape index (κ3) is 3.73. The second-order valence-corrected chi connectivity index (χ2v) is 7.81. The average molecular weight is 457 g/mol. The van der Waals surface area contributed by atoms with Gasteiger partial charge >= 0.3 is 0 Å². The van der Waals surface area contributed by atoms with Gasteiger partial charge < -0.3 is 4.90 Å². The first-order chi connectivity index (χ1) is 12.7. The molecule has 2 heterocycles. The molecule has 0 N–H and O–H groups in total. The van der Waals surface area contributed by atoms with E-state index in [9.17, 15) is 4.79 Å². The Bertz CT molecular complexity index is 913. The number of para-hydroxylation sites is 1. The third-order valence-corrected chi connectivity index (χ3v) is 5.58. The molecule has 132 valence electrons. The molecular formula is C21H20IN3O. The minimum absolute atomic E-state index is 0.132. The van der Waals surface area contributed by atoms with Gasteiger partial charge in [0.25, 0.3) is 5.91 Å². The van der Waals surface area contributed by atoms with E-state index in [1.807, 2.05) is 41.4 Å². The smallest absolute Gasteiger partial charge is 0.253 e. The molecule has 4 rings (SSSR count). The molecule has 1 fully saturated rings. The van der Waals surface area contributed by atoms with Crippen molar-refractivity contribution in [3.8, 4) is 0 Å². The van der Waals surface area contributed by atoms with E-state index in [2.05, 4.69) is 56.7 Å². The van der Waals surface area contributed by atoms with Crippen LogP contribution in [0.3, 0.4) is 0 Å². The maximum atomic E-state index is 12.6. The molecule has 0 aliphatic carbocycles. The molecule has 0 unspecified atom stereocenters. The van der Waals surface area contributed by atoms with E-state index >= 15 is 0 Å². The summed E-state index contributed by atoms with van der Waals surface area (Å²) in [4.78, 5) is 21.6. The number of hydrogen-bond donors (Lipinski definition) is 0. The number of pyridine rings is 1. The fourth-order valence-corrected chi connectivity index (χ4v) is 3.78. The van der Waals surface area contributed by atoms with Crippen LogP contribution in [-0.4, -0.2) is 46.9 Å². The highest BCUT2D eigenvalue weighted by Gasteiger charge is 2.22. The Morgan fingerprint density at radius 1 is 0.962 bits per heavy atom. The highest BCUT2D eigenvalue weighted by Crippen LogP contribution is 2.19. The van der Waals surface area contributed by atoms with Gasteiger partial charge in [-0.3, -0.25) is 14.7 Å². The zero-order valence-electron chi connectivity index (χ0n) is 14.4. The SMILES string of the molecule is O=C(c1ccc(I)cc1)N1CCN(Cc2cccc3cccnc23)CC1. The largest absolute Gasteiger partial charge is 0.336 e. The van der Waals surface area contributed by atoms with Crippen LogP contribution >= 0.6 is 22.6 Å². The molecule has 26 heavy (non-hydrogen) atoms. The Hall–Kier alpha value is -1.99. The lowest BCUT2D eigenvalue weighted by atomic mass is 10.1. The number of piperazine rings is 1. The summed E-state index contributed by atoms with van der Waals surface area (Å²) in [6, 6.07) is 18.2. The van der Waals surface area contributed by atoms with E-state index < -0.39 is 0 Å². The van der Waals surface area contributed by atoms with Crippen LogP contribution in [0.5, 0.6) is 0 Å². The van der Waals surface area contributed by atoms with Crippen LogP contribution < -0.4 is 0 Å². The lowest BCUT2D eigenvalue weighted by Crippen LogP contribution is -2.48. The Balaban J connectivity index is 1.40. The zero-order valence-corrected chi connectivity index (χ0v) is 16.6. The van der Waals surface area contributed by atoms with E-state index in [1.54, 1.807) is 0 Å². The van der Waals surface area contributed by atoms with Crippen molar-refractivity contribution in [3.63, 3.8) is 0 Å². The van der Waals surface area contributed by atoms with E-state index in [0.717, 1.165) is 47.4 Å². The number of fused-ring (bicyclic) bond motifs is 1. The van der Waals surface area contributed by atoms with E-state index in [4.69, 9.17) is 0 Å². The normalized spacial score (nSPS) is 15.3. The van der Waals surface area contributed by atoms with Crippen molar-refractivity contribution < 1.29 is 4.79 Å². The van der Waals surface area contributed by atoms with Crippen molar-refractivity contribution in [2.24, 2.45) is 0 Å². The van der Waals surface area contributed by atoms with E-state index in [1.165, 1.54) is 10.9 Å². The Morgan fingerprint density at radius 3 is 2.46 bits per heavy atom. The van der Waals surface area contributed by atoms with Crippen LogP contribution in [0.15, 0.2) is 60.8 Å². The van der Waals surface area contributed by atoms with Crippen molar-refractivity contribution in [2.45, 2.75) is 6.54 Å². The topological polar surface area (TPSA) is 36.4 Å². The fourth-order valence-electron chi connectivity index (χ4n) is 3.42. The molecule has 2 aromatic carbocycles. The molecule has 1 amide bonds. The standard InChI is InChI=1S/C21H20IN3O/c22-19-8-6-17(7-9-19)21(26)25-13-11-24(12-14-25)15-18-4-1-3-16-5-2-10-23-20(16)18/h1-10H,11-15H2. The summed E-state index contributed by atoms with van der Waals surface area (Å²) in [5, 5.41) is 1.18. The number of amides is 1. The molecule has 1 aromatic heterocycles. The molecule has 1 aliphatic rings. The number of carbonyl (C=O) groups excluding carboxylic acids is 1. The van der Waals surface area contributed by atoms with Crippen molar-refractivity contribution in [1.82, 2.24) is 14.8 Å². The van der Waals surface area contributed by atoms with Gasteiger partial charge in [-0.25, -0.2) is 0 Å². The molecule has 1 saturated heterocycles. The Morgan fingerprint density at radius 2 is 1.69 bits per heavy atom. The van der Waals surface area contributed by atoms with Gasteiger partial charge in [-0.1, -0.05) is 24.3 Å². The van der Waals surface area contributed by atoms with Gasteiger partial charge in [-0.2, -0.15) is 0 Å². The zero-order chi connectivity index (χ0) is 17.9. The summed E-state index contributed by atoms with van der Waals surface area (Å²) < 4.78 is 1.15. The van der Waals surface area contributed by atoms with Crippen LogP contribution in [0.1, 0.15) is 15.9 Å². The first kappa shape index (κ1) is 17.4. The number of nitrogens with zero attached hydrogens (tertiary/aromatic N) is 3. The quantitative estimate of drug-likeness (QED) is 0.562. The number of hydrogen-bond acceptors (Lipinski definition) is 3. The summed E-state index contributed by atoms with van der Waals surface area (Å²) in [6.07, 6.45) is 1.85. The third-order valence-electron chi connectivity index (χ3n) is 4.86. The maximum Gasteiger partial charge on any atom is 0.253 e. The van der Waals surface area contributed by atoms with Crippen molar-refractivity contribution in [3.05, 3.63) is 75.5 Å². The van der Waals surface area contributed by atoms with Gasteiger partial charge in [0.2, 0.25) is 0 Å². The van der Waals surface area contributed by atoms with E-state index in [0.29, 0.717) is 0 Å².